The molecule has 2 fully saturated rings. The molecule has 2 atom stereocenters. The summed E-state index contributed by atoms with van der Waals surface area (Å²) in [5.74, 6) is -2.01. The van der Waals surface area contributed by atoms with E-state index < -0.39 is 35.3 Å². The minimum atomic E-state index is -0.971. The van der Waals surface area contributed by atoms with Crippen molar-refractivity contribution in [3.05, 3.63) is 95.1 Å². The van der Waals surface area contributed by atoms with Crippen LogP contribution >= 0.6 is 0 Å². The molecule has 8 nitrogen and oxygen atoms in total. The number of likely N-dealkylation sites (tertiary alicyclic amines) is 1. The summed E-state index contributed by atoms with van der Waals surface area (Å²) < 4.78 is 5.88. The number of hydrogen-bond donors (Lipinski definition) is 0. The highest BCUT2D eigenvalue weighted by Gasteiger charge is 2.59. The van der Waals surface area contributed by atoms with Gasteiger partial charge >= 0.3 is 12.1 Å². The molecule has 8 heteroatoms. The molecule has 1 saturated heterocycles. The van der Waals surface area contributed by atoms with E-state index in [-0.39, 0.29) is 23.7 Å². The predicted molar refractivity (Wildman–Crippen MR) is 139 cm³/mol. The van der Waals surface area contributed by atoms with Gasteiger partial charge in [-0.1, -0.05) is 72.1 Å². The van der Waals surface area contributed by atoms with Gasteiger partial charge < -0.3 is 14.5 Å². The lowest BCUT2D eigenvalue weighted by molar-refractivity contribution is -0.181. The van der Waals surface area contributed by atoms with Crippen molar-refractivity contribution >= 4 is 23.9 Å². The van der Waals surface area contributed by atoms with Gasteiger partial charge in [-0.05, 0) is 53.6 Å². The Labute approximate surface area is 225 Å². The number of hydrogen-bond acceptors (Lipinski definition) is 6. The number of benzene rings is 3. The van der Waals surface area contributed by atoms with E-state index in [1.165, 1.54) is 12.1 Å². The molecule has 2 heterocycles. The molecular weight excluding hydrogens is 496 g/mol. The number of rotatable bonds is 4. The van der Waals surface area contributed by atoms with Crippen LogP contribution in [0.2, 0.25) is 0 Å². The molecule has 1 saturated carbocycles. The number of nitrogens with zero attached hydrogens (tertiary/aromatic N) is 2. The molecule has 7 rings (SSSR count). The number of hydroxylamine groups is 2. The van der Waals surface area contributed by atoms with Crippen LogP contribution in [0.25, 0.3) is 11.1 Å². The van der Waals surface area contributed by atoms with Crippen molar-refractivity contribution in [3.8, 4) is 11.1 Å². The van der Waals surface area contributed by atoms with Crippen molar-refractivity contribution in [2.24, 2.45) is 5.41 Å². The molecule has 39 heavy (non-hydrogen) atoms. The Morgan fingerprint density at radius 1 is 0.795 bits per heavy atom. The number of imide groups is 1. The lowest BCUT2D eigenvalue weighted by Gasteiger charge is -2.30. The lowest BCUT2D eigenvalue weighted by atomic mass is 9.82. The van der Waals surface area contributed by atoms with Crippen LogP contribution in [0.4, 0.5) is 4.79 Å². The minimum Gasteiger partial charge on any atom is -0.448 e. The third-order valence-corrected chi connectivity index (χ3v) is 8.82. The Bertz CT molecular complexity index is 1470. The van der Waals surface area contributed by atoms with Crippen molar-refractivity contribution in [2.75, 3.05) is 13.2 Å². The van der Waals surface area contributed by atoms with Crippen LogP contribution < -0.4 is 0 Å². The Balaban J connectivity index is 1.06. The predicted octanol–water partition coefficient (Wildman–Crippen LogP) is 4.93. The number of fused-ring (bicyclic) bond motifs is 5. The molecule has 0 bridgehead atoms. The molecule has 0 N–H and O–H groups in total. The monoisotopic (exact) mass is 522 g/mol. The second kappa shape index (κ2) is 8.80. The van der Waals surface area contributed by atoms with Crippen LogP contribution in [0.5, 0.6) is 0 Å². The van der Waals surface area contributed by atoms with Crippen molar-refractivity contribution < 1.29 is 28.8 Å². The second-order valence-corrected chi connectivity index (χ2v) is 10.6. The molecule has 0 radical (unpaired) electrons. The molecule has 2 aliphatic heterocycles. The zero-order valence-electron chi connectivity index (χ0n) is 21.2. The Kier molecular flexibility index (Phi) is 5.33. The van der Waals surface area contributed by atoms with Gasteiger partial charge in [0.2, 0.25) is 0 Å². The van der Waals surface area contributed by atoms with Crippen LogP contribution in [0.1, 0.15) is 63.4 Å². The van der Waals surface area contributed by atoms with Gasteiger partial charge in [0.25, 0.3) is 11.8 Å². The number of ether oxygens (including phenoxy) is 1. The summed E-state index contributed by atoms with van der Waals surface area (Å²) in [6, 6.07) is 22.3. The molecule has 196 valence electrons. The summed E-state index contributed by atoms with van der Waals surface area (Å²) in [7, 11) is 0. The number of amides is 3. The van der Waals surface area contributed by atoms with Gasteiger partial charge in [0.15, 0.2) is 0 Å². The van der Waals surface area contributed by atoms with E-state index in [1.807, 2.05) is 24.3 Å². The fourth-order valence-electron chi connectivity index (χ4n) is 6.93. The van der Waals surface area contributed by atoms with Crippen LogP contribution in [0, 0.1) is 5.41 Å². The first kappa shape index (κ1) is 23.6. The normalized spacial score (nSPS) is 22.9. The van der Waals surface area contributed by atoms with Crippen LogP contribution in [-0.4, -0.2) is 53.0 Å². The van der Waals surface area contributed by atoms with Crippen LogP contribution in [0.15, 0.2) is 72.8 Å². The van der Waals surface area contributed by atoms with E-state index in [0.29, 0.717) is 30.9 Å². The largest absolute Gasteiger partial charge is 0.448 e. The highest BCUT2D eigenvalue weighted by atomic mass is 16.7. The van der Waals surface area contributed by atoms with Gasteiger partial charge in [0, 0.05) is 12.5 Å². The topological polar surface area (TPSA) is 93.2 Å². The Morgan fingerprint density at radius 3 is 1.97 bits per heavy atom. The molecule has 3 amide bonds. The Morgan fingerprint density at radius 2 is 1.36 bits per heavy atom. The van der Waals surface area contributed by atoms with E-state index in [0.717, 1.165) is 28.7 Å². The van der Waals surface area contributed by atoms with Gasteiger partial charge in [-0.3, -0.25) is 9.59 Å². The summed E-state index contributed by atoms with van der Waals surface area (Å²) in [6.45, 7) is 0.543. The van der Waals surface area contributed by atoms with Crippen molar-refractivity contribution in [3.63, 3.8) is 0 Å². The van der Waals surface area contributed by atoms with Gasteiger partial charge in [-0.15, -0.1) is 0 Å². The summed E-state index contributed by atoms with van der Waals surface area (Å²) in [5, 5.41) is 0.563. The third-order valence-electron chi connectivity index (χ3n) is 8.82. The van der Waals surface area contributed by atoms with Crippen molar-refractivity contribution in [1.29, 1.82) is 0 Å². The van der Waals surface area contributed by atoms with Gasteiger partial charge in [0.05, 0.1) is 22.6 Å². The van der Waals surface area contributed by atoms with E-state index in [9.17, 15) is 19.2 Å². The smallest absolute Gasteiger partial charge is 0.410 e. The maximum absolute atomic E-state index is 13.5. The van der Waals surface area contributed by atoms with Crippen LogP contribution in [-0.2, 0) is 14.4 Å². The summed E-state index contributed by atoms with van der Waals surface area (Å²) >= 11 is 0. The first-order valence-corrected chi connectivity index (χ1v) is 13.3. The van der Waals surface area contributed by atoms with Crippen molar-refractivity contribution in [1.82, 2.24) is 9.96 Å². The zero-order chi connectivity index (χ0) is 26.7. The summed E-state index contributed by atoms with van der Waals surface area (Å²) in [5.41, 5.74) is 4.02. The van der Waals surface area contributed by atoms with Gasteiger partial charge in [-0.2, -0.15) is 0 Å². The van der Waals surface area contributed by atoms with Crippen LogP contribution in [0.3, 0.4) is 0 Å². The first-order chi connectivity index (χ1) is 19.0. The fourth-order valence-corrected chi connectivity index (χ4v) is 6.93. The second-order valence-electron chi connectivity index (χ2n) is 10.6. The number of carbonyl (C=O) groups is 4. The SMILES string of the molecule is O=C1c2ccccc2C(=O)N1OC(=O)[C@@]12CCC[C@@H]1N(C(=O)OCC1c3ccccc3-c3ccccc31)CC2. The zero-order valence-corrected chi connectivity index (χ0v) is 21.2. The standard InChI is InChI=1S/C31H26N2O6/c34-27-23-12-5-6-13-24(23)28(35)33(27)39-29(36)31-15-7-14-26(31)32(17-16-31)30(37)38-18-25-21-10-3-1-8-19(21)20-9-2-4-11-22(20)25/h1-6,8-13,25-26H,7,14-18H2/t26-,31+/m0/s1. The maximum atomic E-state index is 13.5. The quantitative estimate of drug-likeness (QED) is 0.451. The Hall–Kier alpha value is -4.46. The van der Waals surface area contributed by atoms with E-state index >= 15 is 0 Å². The molecule has 0 unspecified atom stereocenters. The third kappa shape index (κ3) is 3.44. The highest BCUT2D eigenvalue weighted by Crippen LogP contribution is 2.50. The minimum absolute atomic E-state index is 0.0592. The average Bonchev–Trinajstić information content (AvgIpc) is 3.69. The molecule has 3 aromatic rings. The molecule has 0 aromatic heterocycles. The summed E-state index contributed by atoms with van der Waals surface area (Å²) in [4.78, 5) is 59.5. The highest BCUT2D eigenvalue weighted by molar-refractivity contribution is 6.21. The van der Waals surface area contributed by atoms with E-state index in [1.54, 1.807) is 17.0 Å². The van der Waals surface area contributed by atoms with E-state index in [4.69, 9.17) is 9.57 Å². The first-order valence-electron chi connectivity index (χ1n) is 13.3. The molecule has 3 aromatic carbocycles. The molecule has 4 aliphatic rings. The maximum Gasteiger partial charge on any atom is 0.410 e. The van der Waals surface area contributed by atoms with Gasteiger partial charge in [0.1, 0.15) is 6.61 Å². The van der Waals surface area contributed by atoms with Crippen molar-refractivity contribution in [2.45, 2.75) is 37.6 Å². The lowest BCUT2D eigenvalue weighted by Crippen LogP contribution is -2.46. The fraction of sp³-hybridized carbons (Fsp3) is 0.290. The average molecular weight is 523 g/mol. The van der Waals surface area contributed by atoms with E-state index in [2.05, 4.69) is 24.3 Å². The molecular formula is C31H26N2O6. The molecule has 0 spiro atoms. The molecule has 2 aliphatic carbocycles. The van der Waals surface area contributed by atoms with Gasteiger partial charge in [-0.25, -0.2) is 9.59 Å². The number of carbonyl (C=O) groups excluding carboxylic acids is 4. The summed E-state index contributed by atoms with van der Waals surface area (Å²) in [6.07, 6.45) is 1.81.